The minimum absolute atomic E-state index is 0.0256. The Morgan fingerprint density at radius 3 is 2.62 bits per heavy atom. The van der Waals surface area contributed by atoms with Crippen LogP contribution in [0.4, 0.5) is 11.4 Å². The fourth-order valence-electron chi connectivity index (χ4n) is 3.95. The highest BCUT2D eigenvalue weighted by atomic mass is 32.2. The summed E-state index contributed by atoms with van der Waals surface area (Å²) in [5.41, 5.74) is 2.04. The van der Waals surface area contributed by atoms with Crippen molar-refractivity contribution < 1.29 is 28.5 Å². The highest BCUT2D eigenvalue weighted by Gasteiger charge is 2.36. The predicted molar refractivity (Wildman–Crippen MR) is 141 cm³/mol. The minimum Gasteiger partial charge on any atom is -0.497 e. The molecule has 3 aromatic carbocycles. The molecular formula is C27H25N3O6S. The summed E-state index contributed by atoms with van der Waals surface area (Å²) in [6, 6.07) is 19.9. The molecule has 0 aliphatic carbocycles. The van der Waals surface area contributed by atoms with Crippen LogP contribution in [0.1, 0.15) is 12.0 Å². The van der Waals surface area contributed by atoms with Crippen molar-refractivity contribution in [3.8, 4) is 23.0 Å². The maximum absolute atomic E-state index is 13.4. The second-order valence-electron chi connectivity index (χ2n) is 8.26. The number of thioether (sulfide) groups is 1. The van der Waals surface area contributed by atoms with Crippen molar-refractivity contribution in [2.75, 3.05) is 26.3 Å². The third-order valence-corrected chi connectivity index (χ3v) is 7.06. The number of para-hydroxylation sites is 2. The monoisotopic (exact) mass is 519 g/mol. The molecule has 0 spiro atoms. The van der Waals surface area contributed by atoms with Gasteiger partial charge in [-0.2, -0.15) is 0 Å². The second kappa shape index (κ2) is 10.8. The molecule has 5 rings (SSSR count). The van der Waals surface area contributed by atoms with Crippen LogP contribution in [-0.2, 0) is 16.1 Å². The average molecular weight is 520 g/mol. The lowest BCUT2D eigenvalue weighted by molar-refractivity contribution is -0.129. The number of hydrogen-bond acceptors (Lipinski definition) is 8. The number of hydrogen-bond donors (Lipinski definition) is 1. The standard InChI is InChI=1S/C27H25N3O6S/c1-33-19-10-8-18(9-11-19)28-27-30(15-17-7-12-22-23(13-17)36-16-35-22)25(31)14-24(37-27)26(32)29-20-5-3-4-6-21(20)34-2/h3-13,24H,14-16H2,1-2H3,(H,29,32). The van der Waals surface area contributed by atoms with Crippen molar-refractivity contribution in [2.24, 2.45) is 4.99 Å². The lowest BCUT2D eigenvalue weighted by Gasteiger charge is -2.32. The van der Waals surface area contributed by atoms with Gasteiger partial charge in [-0.15, -0.1) is 0 Å². The number of carbonyl (C=O) groups is 2. The van der Waals surface area contributed by atoms with Crippen LogP contribution in [0.25, 0.3) is 0 Å². The third-order valence-electron chi connectivity index (χ3n) is 5.87. The molecule has 1 N–H and O–H groups in total. The van der Waals surface area contributed by atoms with Crippen molar-refractivity contribution >= 4 is 40.1 Å². The minimum atomic E-state index is -0.664. The predicted octanol–water partition coefficient (Wildman–Crippen LogP) is 4.59. The molecule has 0 aromatic heterocycles. The Balaban J connectivity index is 1.41. The van der Waals surface area contributed by atoms with E-state index in [2.05, 4.69) is 5.32 Å². The normalized spacial score (nSPS) is 17.6. The number of ether oxygens (including phenoxy) is 4. The Morgan fingerprint density at radius 1 is 1.05 bits per heavy atom. The lowest BCUT2D eigenvalue weighted by Crippen LogP contribution is -2.44. The molecule has 2 aliphatic heterocycles. The summed E-state index contributed by atoms with van der Waals surface area (Å²) in [6.45, 7) is 0.447. The van der Waals surface area contributed by atoms with Crippen LogP contribution in [0.3, 0.4) is 0 Å². The molecule has 9 nitrogen and oxygen atoms in total. The van der Waals surface area contributed by atoms with E-state index >= 15 is 0 Å². The van der Waals surface area contributed by atoms with Crippen molar-refractivity contribution in [1.82, 2.24) is 4.90 Å². The Kier molecular flexibility index (Phi) is 7.18. The van der Waals surface area contributed by atoms with Crippen LogP contribution in [0.5, 0.6) is 23.0 Å². The molecule has 1 fully saturated rings. The van der Waals surface area contributed by atoms with Gasteiger partial charge in [-0.1, -0.05) is 30.0 Å². The second-order valence-corrected chi connectivity index (χ2v) is 9.43. The van der Waals surface area contributed by atoms with Gasteiger partial charge in [0, 0.05) is 6.42 Å². The molecule has 2 heterocycles. The molecule has 1 saturated heterocycles. The highest BCUT2D eigenvalue weighted by Crippen LogP contribution is 2.35. The van der Waals surface area contributed by atoms with E-state index in [1.165, 1.54) is 18.9 Å². The first kappa shape index (κ1) is 24.5. The molecule has 190 valence electrons. The zero-order chi connectivity index (χ0) is 25.8. The first-order valence-electron chi connectivity index (χ1n) is 11.6. The number of rotatable bonds is 7. The quantitative estimate of drug-likeness (QED) is 0.487. The Labute approximate surface area is 218 Å². The third kappa shape index (κ3) is 5.49. The summed E-state index contributed by atoms with van der Waals surface area (Å²) in [6.07, 6.45) is 0.0256. The van der Waals surface area contributed by atoms with Gasteiger partial charge < -0.3 is 24.3 Å². The van der Waals surface area contributed by atoms with Crippen molar-refractivity contribution in [2.45, 2.75) is 18.2 Å². The summed E-state index contributed by atoms with van der Waals surface area (Å²) in [4.78, 5) is 32.9. The first-order valence-corrected chi connectivity index (χ1v) is 12.4. The first-order chi connectivity index (χ1) is 18.0. The number of carbonyl (C=O) groups excluding carboxylic acids is 2. The summed E-state index contributed by atoms with van der Waals surface area (Å²) in [7, 11) is 3.13. The number of fused-ring (bicyclic) bond motifs is 1. The Morgan fingerprint density at radius 2 is 1.84 bits per heavy atom. The van der Waals surface area contributed by atoms with E-state index in [0.717, 1.165) is 5.56 Å². The van der Waals surface area contributed by atoms with Crippen LogP contribution in [0.15, 0.2) is 71.7 Å². The molecule has 1 unspecified atom stereocenters. The summed E-state index contributed by atoms with van der Waals surface area (Å²) >= 11 is 1.25. The zero-order valence-corrected chi connectivity index (χ0v) is 21.1. The van der Waals surface area contributed by atoms with E-state index < -0.39 is 5.25 Å². The van der Waals surface area contributed by atoms with Crippen LogP contribution in [0.2, 0.25) is 0 Å². The summed E-state index contributed by atoms with van der Waals surface area (Å²) < 4.78 is 21.5. The van der Waals surface area contributed by atoms with E-state index in [9.17, 15) is 9.59 Å². The van der Waals surface area contributed by atoms with Crippen LogP contribution < -0.4 is 24.3 Å². The van der Waals surface area contributed by atoms with E-state index in [-0.39, 0.29) is 31.6 Å². The molecule has 1 atom stereocenters. The van der Waals surface area contributed by atoms with Crippen molar-refractivity contribution in [3.05, 3.63) is 72.3 Å². The maximum Gasteiger partial charge on any atom is 0.238 e. The molecule has 2 aliphatic rings. The number of amides is 2. The topological polar surface area (TPSA) is 98.7 Å². The van der Waals surface area contributed by atoms with E-state index in [4.69, 9.17) is 23.9 Å². The molecule has 0 bridgehead atoms. The Hall–Kier alpha value is -4.18. The van der Waals surface area contributed by atoms with E-state index in [0.29, 0.717) is 39.5 Å². The van der Waals surface area contributed by atoms with Crippen molar-refractivity contribution in [1.29, 1.82) is 0 Å². The number of nitrogens with one attached hydrogen (secondary N) is 1. The highest BCUT2D eigenvalue weighted by molar-refractivity contribution is 8.15. The largest absolute Gasteiger partial charge is 0.497 e. The molecule has 3 aromatic rings. The maximum atomic E-state index is 13.4. The van der Waals surface area contributed by atoms with Gasteiger partial charge in [0.25, 0.3) is 0 Å². The van der Waals surface area contributed by atoms with Crippen LogP contribution in [0, 0.1) is 0 Å². The van der Waals surface area contributed by atoms with Gasteiger partial charge >= 0.3 is 0 Å². The average Bonchev–Trinajstić information content (AvgIpc) is 3.39. The van der Waals surface area contributed by atoms with Crippen LogP contribution in [-0.4, -0.2) is 48.1 Å². The molecule has 0 radical (unpaired) electrons. The SMILES string of the molecule is COc1ccc(N=C2SC(C(=O)Nc3ccccc3OC)CC(=O)N2Cc2ccc3c(c2)OCO3)cc1. The summed E-state index contributed by atoms with van der Waals surface area (Å²) in [5, 5.41) is 2.65. The van der Waals surface area contributed by atoms with Gasteiger partial charge in [-0.05, 0) is 54.1 Å². The number of aliphatic imine (C=N–C) groups is 1. The number of methoxy groups -OCH3 is 2. The number of nitrogens with zero attached hydrogens (tertiary/aromatic N) is 2. The van der Waals surface area contributed by atoms with E-state index in [1.54, 1.807) is 54.5 Å². The van der Waals surface area contributed by atoms with Gasteiger partial charge in [0.1, 0.15) is 16.7 Å². The Bertz CT molecular complexity index is 1340. The molecular weight excluding hydrogens is 494 g/mol. The van der Waals surface area contributed by atoms with Gasteiger partial charge in [0.2, 0.25) is 18.6 Å². The van der Waals surface area contributed by atoms with Crippen molar-refractivity contribution in [3.63, 3.8) is 0 Å². The zero-order valence-electron chi connectivity index (χ0n) is 20.3. The van der Waals surface area contributed by atoms with E-state index in [1.807, 2.05) is 24.3 Å². The summed E-state index contributed by atoms with van der Waals surface area (Å²) in [5.74, 6) is 2.04. The van der Waals surface area contributed by atoms with Gasteiger partial charge in [0.15, 0.2) is 16.7 Å². The fraction of sp³-hybridized carbons (Fsp3) is 0.222. The number of benzene rings is 3. The molecule has 10 heteroatoms. The number of anilines is 1. The van der Waals surface area contributed by atoms with Gasteiger partial charge in [-0.3, -0.25) is 14.5 Å². The smallest absolute Gasteiger partial charge is 0.238 e. The van der Waals surface area contributed by atoms with Crippen LogP contribution >= 0.6 is 11.8 Å². The van der Waals surface area contributed by atoms with Gasteiger partial charge in [0.05, 0.1) is 32.1 Å². The molecule has 2 amide bonds. The molecule has 0 saturated carbocycles. The lowest BCUT2D eigenvalue weighted by atomic mass is 10.1. The molecule has 37 heavy (non-hydrogen) atoms. The number of amidine groups is 1. The fourth-order valence-corrected chi connectivity index (χ4v) is 5.05. The van der Waals surface area contributed by atoms with Gasteiger partial charge in [-0.25, -0.2) is 4.99 Å².